The fraction of sp³-hybridized carbons (Fsp3) is 0.100. The molecule has 0 unspecified atom stereocenters. The summed E-state index contributed by atoms with van der Waals surface area (Å²) in [7, 11) is 1.28. The van der Waals surface area contributed by atoms with E-state index in [1.807, 2.05) is 0 Å². The van der Waals surface area contributed by atoms with Crippen molar-refractivity contribution < 1.29 is 28.8 Å². The van der Waals surface area contributed by atoms with E-state index in [1.54, 1.807) is 31.2 Å². The molecule has 1 N–H and O–H groups in total. The van der Waals surface area contributed by atoms with Gasteiger partial charge in [0.05, 0.1) is 23.8 Å². The second-order valence-electron chi connectivity index (χ2n) is 6.26. The van der Waals surface area contributed by atoms with Crippen LogP contribution in [0.25, 0.3) is 10.9 Å². The maximum Gasteiger partial charge on any atom is 0.380 e. The van der Waals surface area contributed by atoms with Crippen molar-refractivity contribution in [1.29, 1.82) is 0 Å². The molecule has 2 heterocycles. The van der Waals surface area contributed by atoms with Crippen LogP contribution in [0.3, 0.4) is 0 Å². The minimum Gasteiger partial charge on any atom is -0.465 e. The Kier molecular flexibility index (Phi) is 3.96. The van der Waals surface area contributed by atoms with Crippen LogP contribution in [0.2, 0.25) is 0 Å². The molecule has 1 aliphatic heterocycles. The molecule has 0 saturated carbocycles. The number of fused-ring (bicyclic) bond motifs is 2. The van der Waals surface area contributed by atoms with Crippen molar-refractivity contribution in [3.05, 3.63) is 70.4 Å². The highest BCUT2D eigenvalue weighted by atomic mass is 16.7. The van der Waals surface area contributed by atoms with Crippen LogP contribution in [0.4, 0.5) is 0 Å². The van der Waals surface area contributed by atoms with Crippen LogP contribution < -0.4 is 0 Å². The third kappa shape index (κ3) is 2.62. The lowest BCUT2D eigenvalue weighted by Crippen LogP contribution is -2.32. The number of esters is 1. The van der Waals surface area contributed by atoms with Gasteiger partial charge in [-0.2, -0.15) is 0 Å². The average molecular weight is 378 g/mol. The second-order valence-corrected chi connectivity index (χ2v) is 6.26. The Morgan fingerprint density at radius 2 is 1.61 bits per heavy atom. The van der Waals surface area contributed by atoms with E-state index >= 15 is 0 Å². The molecule has 0 bridgehead atoms. The van der Waals surface area contributed by atoms with Gasteiger partial charge in [0.1, 0.15) is 5.69 Å². The SMILES string of the molecule is COC(=O)c1cc(C)c2cc(C(=O)ON3C(=O)c4ccccc4C3=O)[nH]c2c1. The predicted molar refractivity (Wildman–Crippen MR) is 96.7 cm³/mol. The van der Waals surface area contributed by atoms with E-state index < -0.39 is 23.8 Å². The molecule has 0 fully saturated rings. The molecule has 8 nitrogen and oxygen atoms in total. The van der Waals surface area contributed by atoms with Gasteiger partial charge in [0, 0.05) is 10.9 Å². The standard InChI is InChI=1S/C20H14N2O6/c1-10-7-11(19(25)27-2)8-15-14(10)9-16(21-15)20(26)28-22-17(23)12-5-3-4-6-13(12)18(22)24/h3-9,21H,1-2H3. The third-order valence-corrected chi connectivity index (χ3v) is 4.52. The molecule has 2 amide bonds. The fourth-order valence-corrected chi connectivity index (χ4v) is 3.15. The number of nitrogens with zero attached hydrogens (tertiary/aromatic N) is 1. The molecule has 0 spiro atoms. The number of carbonyl (C=O) groups is 4. The molecule has 28 heavy (non-hydrogen) atoms. The largest absolute Gasteiger partial charge is 0.465 e. The van der Waals surface area contributed by atoms with Crippen molar-refractivity contribution in [2.45, 2.75) is 6.92 Å². The van der Waals surface area contributed by atoms with Crippen LogP contribution in [0.15, 0.2) is 42.5 Å². The number of carbonyl (C=O) groups excluding carboxylic acids is 4. The van der Waals surface area contributed by atoms with E-state index in [4.69, 9.17) is 9.57 Å². The summed E-state index contributed by atoms with van der Waals surface area (Å²) in [5.74, 6) is -2.80. The van der Waals surface area contributed by atoms with Gasteiger partial charge in [-0.1, -0.05) is 17.2 Å². The number of amides is 2. The van der Waals surface area contributed by atoms with E-state index in [9.17, 15) is 19.2 Å². The summed E-state index contributed by atoms with van der Waals surface area (Å²) in [6, 6.07) is 10.9. The van der Waals surface area contributed by atoms with Gasteiger partial charge < -0.3 is 14.6 Å². The maximum atomic E-state index is 12.5. The summed E-state index contributed by atoms with van der Waals surface area (Å²) < 4.78 is 4.71. The van der Waals surface area contributed by atoms with Crippen LogP contribution >= 0.6 is 0 Å². The molecule has 1 aromatic heterocycles. The highest BCUT2D eigenvalue weighted by molar-refractivity contribution is 6.21. The Hall–Kier alpha value is -3.94. The number of ether oxygens (including phenoxy) is 1. The normalized spacial score (nSPS) is 13.0. The first-order valence-corrected chi connectivity index (χ1v) is 8.32. The van der Waals surface area contributed by atoms with Crippen molar-refractivity contribution in [2.24, 2.45) is 0 Å². The summed E-state index contributed by atoms with van der Waals surface area (Å²) in [6.45, 7) is 1.78. The molecule has 4 rings (SSSR count). The monoisotopic (exact) mass is 378 g/mol. The summed E-state index contributed by atoms with van der Waals surface area (Å²) in [6.07, 6.45) is 0. The van der Waals surface area contributed by atoms with Crippen LogP contribution in [-0.4, -0.2) is 40.9 Å². The summed E-state index contributed by atoms with van der Waals surface area (Å²) in [4.78, 5) is 56.8. The highest BCUT2D eigenvalue weighted by Gasteiger charge is 2.39. The van der Waals surface area contributed by atoms with Crippen molar-refractivity contribution in [3.63, 3.8) is 0 Å². The quantitative estimate of drug-likeness (QED) is 0.555. The molecule has 140 valence electrons. The molecule has 3 aromatic rings. The number of hydroxylamine groups is 2. The first-order valence-electron chi connectivity index (χ1n) is 8.32. The van der Waals surface area contributed by atoms with E-state index in [0.29, 0.717) is 21.5 Å². The lowest BCUT2D eigenvalue weighted by atomic mass is 10.1. The Bertz CT molecular complexity index is 1140. The molecular weight excluding hydrogens is 364 g/mol. The Labute approximate surface area is 158 Å². The van der Waals surface area contributed by atoms with Gasteiger partial charge in [0.15, 0.2) is 0 Å². The number of rotatable bonds is 3. The zero-order chi connectivity index (χ0) is 20.0. The number of nitrogens with one attached hydrogen (secondary N) is 1. The van der Waals surface area contributed by atoms with Crippen LogP contribution in [0, 0.1) is 6.92 Å². The smallest absolute Gasteiger partial charge is 0.380 e. The maximum absolute atomic E-state index is 12.5. The number of H-pyrrole nitrogens is 1. The minimum absolute atomic E-state index is 0.0386. The lowest BCUT2D eigenvalue weighted by Gasteiger charge is -2.11. The molecule has 2 aromatic carbocycles. The van der Waals surface area contributed by atoms with Gasteiger partial charge in [-0.3, -0.25) is 9.59 Å². The van der Waals surface area contributed by atoms with Crippen LogP contribution in [0.5, 0.6) is 0 Å². The molecule has 1 aliphatic rings. The highest BCUT2D eigenvalue weighted by Crippen LogP contribution is 2.25. The van der Waals surface area contributed by atoms with E-state index in [0.717, 1.165) is 5.56 Å². The fourth-order valence-electron chi connectivity index (χ4n) is 3.15. The van der Waals surface area contributed by atoms with Gasteiger partial charge in [0.25, 0.3) is 11.8 Å². The summed E-state index contributed by atoms with van der Waals surface area (Å²) in [5, 5.41) is 1.15. The molecule has 0 atom stereocenters. The van der Waals surface area contributed by atoms with Gasteiger partial charge in [-0.05, 0) is 42.8 Å². The molecule has 0 radical (unpaired) electrons. The minimum atomic E-state index is -0.898. The zero-order valence-electron chi connectivity index (χ0n) is 14.9. The van der Waals surface area contributed by atoms with E-state index in [1.165, 1.54) is 25.3 Å². The average Bonchev–Trinajstić information content (AvgIpc) is 3.23. The van der Waals surface area contributed by atoms with Gasteiger partial charge in [0.2, 0.25) is 0 Å². The molecule has 8 heteroatoms. The van der Waals surface area contributed by atoms with Crippen molar-refractivity contribution >= 4 is 34.7 Å². The van der Waals surface area contributed by atoms with E-state index in [2.05, 4.69) is 4.98 Å². The predicted octanol–water partition coefficient (Wildman–Crippen LogP) is 2.63. The summed E-state index contributed by atoms with van der Waals surface area (Å²) in [5.41, 5.74) is 1.99. The Morgan fingerprint density at radius 1 is 0.964 bits per heavy atom. The summed E-state index contributed by atoms with van der Waals surface area (Å²) >= 11 is 0. The number of methoxy groups -OCH3 is 1. The number of aryl methyl sites for hydroxylation is 1. The van der Waals surface area contributed by atoms with Crippen LogP contribution in [0.1, 0.15) is 47.1 Å². The topological polar surface area (TPSA) is 106 Å². The third-order valence-electron chi connectivity index (χ3n) is 4.52. The number of imide groups is 1. The first-order chi connectivity index (χ1) is 13.4. The van der Waals surface area contributed by atoms with Gasteiger partial charge in [-0.25, -0.2) is 9.59 Å². The second kappa shape index (κ2) is 6.34. The van der Waals surface area contributed by atoms with Crippen molar-refractivity contribution in [3.8, 4) is 0 Å². The van der Waals surface area contributed by atoms with Crippen molar-refractivity contribution in [1.82, 2.24) is 10.0 Å². The van der Waals surface area contributed by atoms with E-state index in [-0.39, 0.29) is 16.8 Å². The number of hydrogen-bond donors (Lipinski definition) is 1. The number of benzene rings is 2. The molecular formula is C20H14N2O6. The number of aromatic nitrogens is 1. The van der Waals surface area contributed by atoms with Crippen molar-refractivity contribution in [2.75, 3.05) is 7.11 Å². The zero-order valence-corrected chi connectivity index (χ0v) is 14.9. The van der Waals surface area contributed by atoms with Gasteiger partial charge >= 0.3 is 11.9 Å². The molecule has 0 aliphatic carbocycles. The Morgan fingerprint density at radius 3 is 2.21 bits per heavy atom. The van der Waals surface area contributed by atoms with Gasteiger partial charge in [-0.15, -0.1) is 0 Å². The molecule has 0 saturated heterocycles. The lowest BCUT2D eigenvalue weighted by molar-refractivity contribution is -0.0587. The Balaban J connectivity index is 1.63. The first kappa shape index (κ1) is 17.5. The van der Waals surface area contributed by atoms with Crippen LogP contribution in [-0.2, 0) is 9.57 Å². The number of hydrogen-bond acceptors (Lipinski definition) is 6. The number of aromatic amines is 1.